The van der Waals surface area contributed by atoms with Crippen LogP contribution in [0.1, 0.15) is 32.1 Å². The Morgan fingerprint density at radius 2 is 2.00 bits per heavy atom. The summed E-state index contributed by atoms with van der Waals surface area (Å²) in [5.74, 6) is 0.244. The molecule has 0 N–H and O–H groups in total. The SMILES string of the molecule is O=C(OCCI)C1CCCCC1. The molecular formula is C9H15IO2. The van der Waals surface area contributed by atoms with Gasteiger partial charge in [-0.3, -0.25) is 4.79 Å². The van der Waals surface area contributed by atoms with E-state index in [0.29, 0.717) is 6.61 Å². The predicted molar refractivity (Wildman–Crippen MR) is 56.4 cm³/mol. The molecule has 1 fully saturated rings. The molecule has 12 heavy (non-hydrogen) atoms. The third kappa shape index (κ3) is 3.29. The Balaban J connectivity index is 2.20. The molecule has 1 aliphatic carbocycles. The van der Waals surface area contributed by atoms with Crippen molar-refractivity contribution in [3.63, 3.8) is 0 Å². The van der Waals surface area contributed by atoms with E-state index in [1.807, 2.05) is 0 Å². The van der Waals surface area contributed by atoms with Gasteiger partial charge < -0.3 is 4.74 Å². The van der Waals surface area contributed by atoms with Gasteiger partial charge in [-0.25, -0.2) is 0 Å². The van der Waals surface area contributed by atoms with Gasteiger partial charge in [0.1, 0.15) is 6.61 Å². The quantitative estimate of drug-likeness (QED) is 0.452. The lowest BCUT2D eigenvalue weighted by Gasteiger charge is -2.19. The van der Waals surface area contributed by atoms with E-state index in [9.17, 15) is 4.79 Å². The number of ether oxygens (including phenoxy) is 1. The third-order valence-corrected chi connectivity index (χ3v) is 2.70. The van der Waals surface area contributed by atoms with Crippen molar-refractivity contribution in [1.82, 2.24) is 0 Å². The predicted octanol–water partition coefficient (Wildman–Crippen LogP) is 2.54. The minimum atomic E-state index is 0.0337. The summed E-state index contributed by atoms with van der Waals surface area (Å²) in [7, 11) is 0. The number of hydrogen-bond acceptors (Lipinski definition) is 2. The minimum absolute atomic E-state index is 0.0337. The molecule has 0 heterocycles. The fourth-order valence-electron chi connectivity index (χ4n) is 1.60. The highest BCUT2D eigenvalue weighted by atomic mass is 127. The van der Waals surface area contributed by atoms with Gasteiger partial charge in [0.2, 0.25) is 0 Å². The molecule has 0 aliphatic heterocycles. The average molecular weight is 282 g/mol. The molecule has 0 saturated heterocycles. The first kappa shape index (κ1) is 10.3. The largest absolute Gasteiger partial charge is 0.465 e. The van der Waals surface area contributed by atoms with E-state index in [1.165, 1.54) is 19.3 Å². The van der Waals surface area contributed by atoms with Crippen LogP contribution in [-0.2, 0) is 9.53 Å². The van der Waals surface area contributed by atoms with Crippen molar-refractivity contribution in [1.29, 1.82) is 0 Å². The maximum Gasteiger partial charge on any atom is 0.308 e. The number of carbonyl (C=O) groups is 1. The Bertz CT molecular complexity index is 141. The Morgan fingerprint density at radius 1 is 1.33 bits per heavy atom. The minimum Gasteiger partial charge on any atom is -0.465 e. The van der Waals surface area contributed by atoms with E-state index in [2.05, 4.69) is 22.6 Å². The number of hydrogen-bond donors (Lipinski definition) is 0. The molecule has 0 amide bonds. The Kier molecular flexibility index (Phi) is 4.95. The second-order valence-electron chi connectivity index (χ2n) is 3.19. The number of rotatable bonds is 3. The molecule has 70 valence electrons. The monoisotopic (exact) mass is 282 g/mol. The molecule has 2 nitrogen and oxygen atoms in total. The molecule has 3 heteroatoms. The van der Waals surface area contributed by atoms with Crippen LogP contribution in [0, 0.1) is 5.92 Å². The summed E-state index contributed by atoms with van der Waals surface area (Å²) in [6, 6.07) is 0. The lowest BCUT2D eigenvalue weighted by atomic mass is 9.89. The smallest absolute Gasteiger partial charge is 0.308 e. The van der Waals surface area contributed by atoms with Gasteiger partial charge in [0.25, 0.3) is 0 Å². The standard InChI is InChI=1S/C9H15IO2/c10-6-7-12-9(11)8-4-2-1-3-5-8/h8H,1-7H2. The molecule has 0 bridgehead atoms. The number of halogens is 1. The van der Waals surface area contributed by atoms with Crippen molar-refractivity contribution in [2.75, 3.05) is 11.0 Å². The van der Waals surface area contributed by atoms with Crippen LogP contribution in [0.5, 0.6) is 0 Å². The van der Waals surface area contributed by atoms with Gasteiger partial charge >= 0.3 is 5.97 Å². The summed E-state index contributed by atoms with van der Waals surface area (Å²) in [6.45, 7) is 0.579. The highest BCUT2D eigenvalue weighted by molar-refractivity contribution is 14.1. The van der Waals surface area contributed by atoms with Crippen LogP contribution in [0.15, 0.2) is 0 Å². The molecule has 1 rings (SSSR count). The van der Waals surface area contributed by atoms with E-state index in [0.717, 1.165) is 17.3 Å². The van der Waals surface area contributed by atoms with Gasteiger partial charge in [-0.2, -0.15) is 0 Å². The Labute approximate surface area is 87.2 Å². The van der Waals surface area contributed by atoms with Gasteiger partial charge in [0, 0.05) is 4.43 Å². The van der Waals surface area contributed by atoms with Gasteiger partial charge in [-0.1, -0.05) is 41.9 Å². The molecular weight excluding hydrogens is 267 g/mol. The van der Waals surface area contributed by atoms with E-state index in [1.54, 1.807) is 0 Å². The van der Waals surface area contributed by atoms with Crippen LogP contribution in [0.25, 0.3) is 0 Å². The van der Waals surface area contributed by atoms with E-state index < -0.39 is 0 Å². The number of esters is 1. The zero-order valence-electron chi connectivity index (χ0n) is 7.22. The Morgan fingerprint density at radius 3 is 2.58 bits per heavy atom. The first-order chi connectivity index (χ1) is 5.84. The maximum absolute atomic E-state index is 11.3. The zero-order valence-corrected chi connectivity index (χ0v) is 9.38. The topological polar surface area (TPSA) is 26.3 Å². The normalized spacial score (nSPS) is 19.1. The molecule has 1 aliphatic rings. The van der Waals surface area contributed by atoms with E-state index in [-0.39, 0.29) is 11.9 Å². The first-order valence-corrected chi connectivity index (χ1v) is 6.09. The van der Waals surface area contributed by atoms with Gasteiger partial charge in [0.15, 0.2) is 0 Å². The van der Waals surface area contributed by atoms with Crippen LogP contribution < -0.4 is 0 Å². The van der Waals surface area contributed by atoms with Gasteiger partial charge in [-0.15, -0.1) is 0 Å². The average Bonchev–Trinajstić information content (AvgIpc) is 2.15. The highest BCUT2D eigenvalue weighted by Crippen LogP contribution is 2.24. The zero-order chi connectivity index (χ0) is 8.81. The summed E-state index contributed by atoms with van der Waals surface area (Å²) in [6.07, 6.45) is 5.77. The molecule has 0 aromatic rings. The molecule has 0 spiro atoms. The van der Waals surface area contributed by atoms with Crippen LogP contribution in [0.4, 0.5) is 0 Å². The highest BCUT2D eigenvalue weighted by Gasteiger charge is 2.21. The third-order valence-electron chi connectivity index (χ3n) is 2.26. The molecule has 0 aromatic heterocycles. The lowest BCUT2D eigenvalue weighted by Crippen LogP contribution is -2.20. The summed E-state index contributed by atoms with van der Waals surface area (Å²) < 4.78 is 5.98. The molecule has 0 aromatic carbocycles. The van der Waals surface area contributed by atoms with Crippen LogP contribution >= 0.6 is 22.6 Å². The summed E-state index contributed by atoms with van der Waals surface area (Å²) >= 11 is 2.21. The summed E-state index contributed by atoms with van der Waals surface area (Å²) in [5.41, 5.74) is 0. The van der Waals surface area contributed by atoms with Gasteiger partial charge in [0.05, 0.1) is 5.92 Å². The van der Waals surface area contributed by atoms with Crippen molar-refractivity contribution in [2.24, 2.45) is 5.92 Å². The molecule has 0 unspecified atom stereocenters. The molecule has 0 radical (unpaired) electrons. The van der Waals surface area contributed by atoms with Crippen molar-refractivity contribution in [2.45, 2.75) is 32.1 Å². The molecule has 1 saturated carbocycles. The second-order valence-corrected chi connectivity index (χ2v) is 4.27. The van der Waals surface area contributed by atoms with Crippen molar-refractivity contribution in [3.05, 3.63) is 0 Å². The maximum atomic E-state index is 11.3. The lowest BCUT2D eigenvalue weighted by molar-refractivity contribution is -0.148. The molecule has 0 atom stereocenters. The van der Waals surface area contributed by atoms with Crippen molar-refractivity contribution in [3.8, 4) is 0 Å². The van der Waals surface area contributed by atoms with Crippen LogP contribution in [-0.4, -0.2) is 17.0 Å². The number of carbonyl (C=O) groups excluding carboxylic acids is 1. The van der Waals surface area contributed by atoms with E-state index in [4.69, 9.17) is 4.74 Å². The summed E-state index contributed by atoms with van der Waals surface area (Å²) in [4.78, 5) is 11.3. The van der Waals surface area contributed by atoms with Crippen LogP contribution in [0.2, 0.25) is 0 Å². The van der Waals surface area contributed by atoms with Crippen molar-refractivity contribution >= 4 is 28.6 Å². The summed E-state index contributed by atoms with van der Waals surface area (Å²) in [5, 5.41) is 0. The number of alkyl halides is 1. The van der Waals surface area contributed by atoms with E-state index >= 15 is 0 Å². The fraction of sp³-hybridized carbons (Fsp3) is 0.889. The van der Waals surface area contributed by atoms with Crippen LogP contribution in [0.3, 0.4) is 0 Å². The van der Waals surface area contributed by atoms with Gasteiger partial charge in [-0.05, 0) is 12.8 Å². The first-order valence-electron chi connectivity index (χ1n) is 4.57. The van der Waals surface area contributed by atoms with Crippen molar-refractivity contribution < 1.29 is 9.53 Å². The fourth-order valence-corrected chi connectivity index (χ4v) is 1.82. The Hall–Kier alpha value is 0.200. The second kappa shape index (κ2) is 5.78.